The first-order valence-electron chi connectivity index (χ1n) is 4.76. The van der Waals surface area contributed by atoms with Crippen LogP contribution in [-0.2, 0) is 4.74 Å². The van der Waals surface area contributed by atoms with Crippen LogP contribution in [0.4, 0.5) is 4.39 Å². The SMILES string of the molecule is COC(C)(C)C1(F)CCCCC1. The summed E-state index contributed by atoms with van der Waals surface area (Å²) in [6.45, 7) is 3.69. The van der Waals surface area contributed by atoms with Crippen LogP contribution in [0.1, 0.15) is 46.0 Å². The molecule has 0 atom stereocenters. The summed E-state index contributed by atoms with van der Waals surface area (Å²) in [6, 6.07) is 0. The molecular weight excluding hydrogens is 155 g/mol. The van der Waals surface area contributed by atoms with E-state index in [2.05, 4.69) is 0 Å². The second-order valence-electron chi connectivity index (χ2n) is 4.24. The van der Waals surface area contributed by atoms with Crippen molar-refractivity contribution < 1.29 is 9.13 Å². The van der Waals surface area contributed by atoms with Crippen LogP contribution in [0.15, 0.2) is 0 Å². The highest BCUT2D eigenvalue weighted by Gasteiger charge is 2.46. The van der Waals surface area contributed by atoms with Crippen LogP contribution in [0.3, 0.4) is 0 Å². The van der Waals surface area contributed by atoms with Gasteiger partial charge in [-0.05, 0) is 26.7 Å². The lowest BCUT2D eigenvalue weighted by molar-refractivity contribution is -0.120. The maximum absolute atomic E-state index is 14.2. The van der Waals surface area contributed by atoms with Crippen molar-refractivity contribution in [1.29, 1.82) is 0 Å². The molecule has 0 aromatic heterocycles. The van der Waals surface area contributed by atoms with Crippen LogP contribution in [0.5, 0.6) is 0 Å². The highest BCUT2D eigenvalue weighted by atomic mass is 19.1. The quantitative estimate of drug-likeness (QED) is 0.625. The minimum Gasteiger partial charge on any atom is -0.375 e. The van der Waals surface area contributed by atoms with Gasteiger partial charge in [-0.3, -0.25) is 0 Å². The third kappa shape index (κ3) is 1.63. The average Bonchev–Trinajstić information content (AvgIpc) is 2.06. The monoisotopic (exact) mass is 174 g/mol. The minimum absolute atomic E-state index is 0.618. The van der Waals surface area contributed by atoms with E-state index in [0.29, 0.717) is 12.8 Å². The summed E-state index contributed by atoms with van der Waals surface area (Å²) in [5.74, 6) is 0. The second-order valence-corrected chi connectivity index (χ2v) is 4.24. The topological polar surface area (TPSA) is 9.23 Å². The van der Waals surface area contributed by atoms with E-state index in [1.807, 2.05) is 13.8 Å². The van der Waals surface area contributed by atoms with Crippen molar-refractivity contribution in [1.82, 2.24) is 0 Å². The number of rotatable bonds is 2. The summed E-state index contributed by atoms with van der Waals surface area (Å²) >= 11 is 0. The predicted octanol–water partition coefficient (Wildman–Crippen LogP) is 3.08. The van der Waals surface area contributed by atoms with Gasteiger partial charge in [0.15, 0.2) is 0 Å². The summed E-state index contributed by atoms with van der Waals surface area (Å²) in [4.78, 5) is 0. The number of halogens is 1. The van der Waals surface area contributed by atoms with Gasteiger partial charge in [0.25, 0.3) is 0 Å². The van der Waals surface area contributed by atoms with Crippen LogP contribution < -0.4 is 0 Å². The van der Waals surface area contributed by atoms with Crippen molar-refractivity contribution in [3.63, 3.8) is 0 Å². The van der Waals surface area contributed by atoms with E-state index >= 15 is 0 Å². The lowest BCUT2D eigenvalue weighted by atomic mass is 9.76. The van der Waals surface area contributed by atoms with Crippen LogP contribution in [-0.4, -0.2) is 18.4 Å². The summed E-state index contributed by atoms with van der Waals surface area (Å²) < 4.78 is 19.4. The van der Waals surface area contributed by atoms with Crippen LogP contribution in [0.25, 0.3) is 0 Å². The normalized spacial score (nSPS) is 24.0. The maximum atomic E-state index is 14.2. The van der Waals surface area contributed by atoms with Gasteiger partial charge in [-0.2, -0.15) is 0 Å². The maximum Gasteiger partial charge on any atom is 0.139 e. The van der Waals surface area contributed by atoms with Gasteiger partial charge in [-0.1, -0.05) is 19.3 Å². The van der Waals surface area contributed by atoms with E-state index < -0.39 is 11.3 Å². The Morgan fingerprint density at radius 2 is 1.67 bits per heavy atom. The van der Waals surface area contributed by atoms with E-state index in [4.69, 9.17) is 4.74 Å². The molecule has 0 N–H and O–H groups in total. The van der Waals surface area contributed by atoms with E-state index in [0.717, 1.165) is 12.8 Å². The molecule has 0 saturated heterocycles. The van der Waals surface area contributed by atoms with Crippen molar-refractivity contribution >= 4 is 0 Å². The summed E-state index contributed by atoms with van der Waals surface area (Å²) in [6.07, 6.45) is 4.50. The van der Waals surface area contributed by atoms with Crippen molar-refractivity contribution in [2.75, 3.05) is 7.11 Å². The molecule has 1 rings (SSSR count). The fraction of sp³-hybridized carbons (Fsp3) is 1.00. The largest absolute Gasteiger partial charge is 0.375 e. The Morgan fingerprint density at radius 1 is 1.17 bits per heavy atom. The smallest absolute Gasteiger partial charge is 0.139 e. The number of hydrogen-bond donors (Lipinski definition) is 0. The number of hydrogen-bond acceptors (Lipinski definition) is 1. The standard InChI is InChI=1S/C10H19FO/c1-9(2,12-3)10(11)7-5-4-6-8-10/h4-8H2,1-3H3. The number of methoxy groups -OCH3 is 1. The average molecular weight is 174 g/mol. The molecule has 1 nitrogen and oxygen atoms in total. The van der Waals surface area contributed by atoms with Gasteiger partial charge in [0.1, 0.15) is 5.67 Å². The van der Waals surface area contributed by atoms with Gasteiger partial charge >= 0.3 is 0 Å². The van der Waals surface area contributed by atoms with Crippen LogP contribution in [0, 0.1) is 0 Å². The molecule has 0 unspecified atom stereocenters. The Hall–Kier alpha value is -0.110. The molecule has 72 valence electrons. The number of alkyl halides is 1. The molecule has 0 aliphatic heterocycles. The molecule has 0 bridgehead atoms. The van der Waals surface area contributed by atoms with E-state index in [1.165, 1.54) is 6.42 Å². The molecular formula is C10H19FO. The van der Waals surface area contributed by atoms with Gasteiger partial charge in [0.05, 0.1) is 5.60 Å². The van der Waals surface area contributed by atoms with Gasteiger partial charge in [-0.15, -0.1) is 0 Å². The fourth-order valence-corrected chi connectivity index (χ4v) is 1.90. The fourth-order valence-electron chi connectivity index (χ4n) is 1.90. The third-order valence-electron chi connectivity index (χ3n) is 3.24. The first-order chi connectivity index (χ1) is 5.52. The van der Waals surface area contributed by atoms with E-state index in [-0.39, 0.29) is 0 Å². The Labute approximate surface area is 74.3 Å². The highest BCUT2D eigenvalue weighted by molar-refractivity contribution is 4.97. The molecule has 1 fully saturated rings. The molecule has 0 radical (unpaired) electrons. The first-order valence-corrected chi connectivity index (χ1v) is 4.76. The van der Waals surface area contributed by atoms with Gasteiger partial charge in [0, 0.05) is 7.11 Å². The molecule has 0 aromatic carbocycles. The molecule has 0 heterocycles. The Morgan fingerprint density at radius 3 is 2.08 bits per heavy atom. The molecule has 0 amide bonds. The van der Waals surface area contributed by atoms with Crippen molar-refractivity contribution in [2.24, 2.45) is 0 Å². The summed E-state index contributed by atoms with van der Waals surface area (Å²) in [5.41, 5.74) is -1.71. The van der Waals surface area contributed by atoms with Crippen LogP contribution in [0.2, 0.25) is 0 Å². The van der Waals surface area contributed by atoms with Gasteiger partial charge in [-0.25, -0.2) is 4.39 Å². The third-order valence-corrected chi connectivity index (χ3v) is 3.24. The summed E-state index contributed by atoms with van der Waals surface area (Å²) in [7, 11) is 1.59. The second kappa shape index (κ2) is 3.33. The highest BCUT2D eigenvalue weighted by Crippen LogP contribution is 2.41. The molecule has 2 heteroatoms. The Kier molecular flexibility index (Phi) is 2.77. The number of ether oxygens (including phenoxy) is 1. The predicted molar refractivity (Wildman–Crippen MR) is 48.0 cm³/mol. The van der Waals surface area contributed by atoms with Crippen molar-refractivity contribution in [2.45, 2.75) is 57.2 Å². The minimum atomic E-state index is -1.10. The zero-order chi connectivity index (χ0) is 9.24. The zero-order valence-corrected chi connectivity index (χ0v) is 8.32. The molecule has 1 saturated carbocycles. The summed E-state index contributed by atoms with van der Waals surface area (Å²) in [5, 5.41) is 0. The lowest BCUT2D eigenvalue weighted by Crippen LogP contribution is -2.49. The molecule has 1 aliphatic carbocycles. The van der Waals surface area contributed by atoms with Gasteiger partial charge < -0.3 is 4.74 Å². The Balaban J connectivity index is 2.68. The van der Waals surface area contributed by atoms with E-state index in [9.17, 15) is 4.39 Å². The Bertz CT molecular complexity index is 148. The van der Waals surface area contributed by atoms with E-state index in [1.54, 1.807) is 7.11 Å². The first kappa shape index (κ1) is 9.97. The van der Waals surface area contributed by atoms with Gasteiger partial charge in [0.2, 0.25) is 0 Å². The van der Waals surface area contributed by atoms with Crippen molar-refractivity contribution in [3.8, 4) is 0 Å². The van der Waals surface area contributed by atoms with Crippen LogP contribution >= 0.6 is 0 Å². The lowest BCUT2D eigenvalue weighted by Gasteiger charge is -2.41. The zero-order valence-electron chi connectivity index (χ0n) is 8.32. The molecule has 0 spiro atoms. The van der Waals surface area contributed by atoms with Crippen molar-refractivity contribution in [3.05, 3.63) is 0 Å². The molecule has 12 heavy (non-hydrogen) atoms. The molecule has 0 aromatic rings. The molecule has 1 aliphatic rings.